The normalized spacial score (nSPS) is 25.6. The summed E-state index contributed by atoms with van der Waals surface area (Å²) in [6, 6.07) is 7.74. The Bertz CT molecular complexity index is 389. The zero-order valence-corrected chi connectivity index (χ0v) is 9.63. The van der Waals surface area contributed by atoms with Crippen LogP contribution in [0.3, 0.4) is 0 Å². The molecule has 2 rings (SSSR count). The molecule has 0 spiro atoms. The smallest absolute Gasteiger partial charge is 0.263 e. The van der Waals surface area contributed by atoms with E-state index in [0.29, 0.717) is 0 Å². The summed E-state index contributed by atoms with van der Waals surface area (Å²) in [5.74, 6) is 0.0104. The fraction of sp³-hybridized carbons (Fsp3) is 0.300. The summed E-state index contributed by atoms with van der Waals surface area (Å²) in [6.07, 6.45) is 0. The Morgan fingerprint density at radius 1 is 1.43 bits per heavy atom. The molecule has 4 heteroatoms. The highest BCUT2D eigenvalue weighted by Gasteiger charge is 2.38. The first-order valence-corrected chi connectivity index (χ1v) is 5.16. The quantitative estimate of drug-likeness (QED) is 0.569. The molecule has 1 N–H and O–H groups in total. The molecule has 3 nitrogen and oxygen atoms in total. The number of fused-ring (bicyclic) bond motifs is 1. The molecule has 0 fully saturated rings. The van der Waals surface area contributed by atoms with Crippen LogP contribution in [0.1, 0.15) is 6.92 Å². The first-order valence-electron chi connectivity index (χ1n) is 4.36. The lowest BCUT2D eigenvalue weighted by Crippen LogP contribution is -2.50. The van der Waals surface area contributed by atoms with Gasteiger partial charge in [0.15, 0.2) is 4.45 Å². The third kappa shape index (κ3) is 1.30. The third-order valence-electron chi connectivity index (χ3n) is 2.34. The fourth-order valence-corrected chi connectivity index (χ4v) is 2.08. The molecule has 0 saturated carbocycles. The van der Waals surface area contributed by atoms with Crippen LogP contribution < -0.4 is 10.2 Å². The van der Waals surface area contributed by atoms with Gasteiger partial charge in [-0.15, -0.1) is 0 Å². The number of carbonyl (C=O) groups is 1. The van der Waals surface area contributed by atoms with Gasteiger partial charge in [0.1, 0.15) is 0 Å². The lowest BCUT2D eigenvalue weighted by molar-refractivity contribution is -0.119. The topological polar surface area (TPSA) is 32.3 Å². The number of alkyl halides is 1. The highest BCUT2D eigenvalue weighted by molar-refractivity contribution is 9.10. The number of hydrogen-bond acceptors (Lipinski definition) is 2. The zero-order chi connectivity index (χ0) is 10.3. The Morgan fingerprint density at radius 3 is 2.79 bits per heavy atom. The van der Waals surface area contributed by atoms with E-state index in [-0.39, 0.29) is 5.91 Å². The van der Waals surface area contributed by atoms with Crippen LogP contribution in [0.25, 0.3) is 0 Å². The van der Waals surface area contributed by atoms with E-state index in [1.54, 1.807) is 11.9 Å². The molecule has 74 valence electrons. The minimum absolute atomic E-state index is 0.0104. The molecule has 0 saturated heterocycles. The molecule has 1 heterocycles. The molecule has 1 aromatic carbocycles. The Balaban J connectivity index is 2.53. The van der Waals surface area contributed by atoms with E-state index in [1.165, 1.54) is 0 Å². The molecule has 14 heavy (non-hydrogen) atoms. The number of hydrogen-bond donors (Lipinski definition) is 1. The van der Waals surface area contributed by atoms with Crippen molar-refractivity contribution >= 4 is 33.2 Å². The van der Waals surface area contributed by atoms with Crippen LogP contribution in [0.2, 0.25) is 0 Å². The van der Waals surface area contributed by atoms with E-state index in [4.69, 9.17) is 0 Å². The maximum absolute atomic E-state index is 11.8. The van der Waals surface area contributed by atoms with Crippen LogP contribution in [-0.2, 0) is 4.79 Å². The van der Waals surface area contributed by atoms with Gasteiger partial charge in [-0.2, -0.15) is 0 Å². The Morgan fingerprint density at radius 2 is 2.07 bits per heavy atom. The van der Waals surface area contributed by atoms with E-state index in [2.05, 4.69) is 21.2 Å². The predicted molar refractivity (Wildman–Crippen MR) is 60.8 cm³/mol. The zero-order valence-electron chi connectivity index (χ0n) is 8.04. The van der Waals surface area contributed by atoms with Crippen LogP contribution >= 0.6 is 15.9 Å². The Labute approximate surface area is 91.2 Å². The average Bonchev–Trinajstić information content (AvgIpc) is 2.14. The van der Waals surface area contributed by atoms with E-state index in [9.17, 15) is 4.79 Å². The van der Waals surface area contributed by atoms with Crippen molar-refractivity contribution in [3.8, 4) is 0 Å². The summed E-state index contributed by atoms with van der Waals surface area (Å²) >= 11 is 3.37. The average molecular weight is 255 g/mol. The number of nitrogens with zero attached hydrogens (tertiary/aromatic N) is 1. The maximum Gasteiger partial charge on any atom is 0.263 e. The first-order chi connectivity index (χ1) is 6.52. The minimum Gasteiger partial charge on any atom is -0.361 e. The van der Waals surface area contributed by atoms with Crippen LogP contribution in [0.15, 0.2) is 24.3 Å². The van der Waals surface area contributed by atoms with Gasteiger partial charge < -0.3 is 10.2 Å². The minimum atomic E-state index is -0.698. The molecular weight excluding hydrogens is 244 g/mol. The van der Waals surface area contributed by atoms with Gasteiger partial charge in [0.2, 0.25) is 0 Å². The molecule has 1 atom stereocenters. The molecule has 1 aliphatic rings. The number of benzene rings is 1. The Hall–Kier alpha value is -1.03. The van der Waals surface area contributed by atoms with Crippen LogP contribution in [-0.4, -0.2) is 17.4 Å². The van der Waals surface area contributed by atoms with Gasteiger partial charge in [-0.3, -0.25) is 4.79 Å². The van der Waals surface area contributed by atoms with Crippen molar-refractivity contribution in [2.75, 3.05) is 17.3 Å². The molecule has 1 aromatic rings. The maximum atomic E-state index is 11.8. The lowest BCUT2D eigenvalue weighted by atomic mass is 10.1. The van der Waals surface area contributed by atoms with Gasteiger partial charge in [0, 0.05) is 7.05 Å². The highest BCUT2D eigenvalue weighted by Crippen LogP contribution is 2.36. The van der Waals surface area contributed by atoms with Gasteiger partial charge >= 0.3 is 0 Å². The van der Waals surface area contributed by atoms with Crippen LogP contribution in [0, 0.1) is 0 Å². The van der Waals surface area contributed by atoms with Gasteiger partial charge in [0.05, 0.1) is 11.4 Å². The lowest BCUT2D eigenvalue weighted by Gasteiger charge is -2.36. The molecule has 1 amide bonds. The van der Waals surface area contributed by atoms with E-state index < -0.39 is 4.45 Å². The van der Waals surface area contributed by atoms with Crippen molar-refractivity contribution < 1.29 is 4.79 Å². The number of halogens is 1. The van der Waals surface area contributed by atoms with Gasteiger partial charge in [-0.25, -0.2) is 0 Å². The highest BCUT2D eigenvalue weighted by atomic mass is 79.9. The largest absolute Gasteiger partial charge is 0.361 e. The monoisotopic (exact) mass is 254 g/mol. The number of nitrogens with one attached hydrogen (secondary N) is 1. The number of para-hydroxylation sites is 2. The van der Waals surface area contributed by atoms with Gasteiger partial charge in [-0.05, 0) is 19.1 Å². The number of likely N-dealkylation sites (N-methyl/N-ethyl adjacent to an activating group) is 1. The number of carbonyl (C=O) groups excluding carboxylic acids is 1. The van der Waals surface area contributed by atoms with Crippen molar-refractivity contribution in [1.82, 2.24) is 0 Å². The second-order valence-corrected chi connectivity index (χ2v) is 5.10. The Kier molecular flexibility index (Phi) is 2.03. The van der Waals surface area contributed by atoms with Crippen LogP contribution in [0.4, 0.5) is 11.4 Å². The number of rotatable bonds is 0. The van der Waals surface area contributed by atoms with Crippen LogP contribution in [0.5, 0.6) is 0 Å². The molecule has 0 unspecified atom stereocenters. The summed E-state index contributed by atoms with van der Waals surface area (Å²) < 4.78 is -0.698. The molecular formula is C10H11BrN2O. The number of amides is 1. The summed E-state index contributed by atoms with van der Waals surface area (Å²) in [5.41, 5.74) is 1.88. The van der Waals surface area contributed by atoms with Crippen molar-refractivity contribution in [3.63, 3.8) is 0 Å². The second-order valence-electron chi connectivity index (χ2n) is 3.51. The van der Waals surface area contributed by atoms with Gasteiger partial charge in [-0.1, -0.05) is 28.1 Å². The summed E-state index contributed by atoms with van der Waals surface area (Å²) in [6.45, 7) is 1.81. The molecule has 1 aliphatic heterocycles. The van der Waals surface area contributed by atoms with Crippen molar-refractivity contribution in [2.24, 2.45) is 0 Å². The van der Waals surface area contributed by atoms with E-state index >= 15 is 0 Å². The SMILES string of the molecule is CN1C(=O)[C@@](C)(Br)Nc2ccccc21. The second kappa shape index (κ2) is 2.98. The van der Waals surface area contributed by atoms with E-state index in [1.807, 2.05) is 31.2 Å². The first kappa shape index (κ1) is 9.52. The van der Waals surface area contributed by atoms with Gasteiger partial charge in [0.25, 0.3) is 5.91 Å². The van der Waals surface area contributed by atoms with Crippen molar-refractivity contribution in [1.29, 1.82) is 0 Å². The number of anilines is 2. The molecule has 0 aromatic heterocycles. The summed E-state index contributed by atoms with van der Waals surface area (Å²) in [7, 11) is 1.78. The molecule has 0 radical (unpaired) electrons. The van der Waals surface area contributed by atoms with E-state index in [0.717, 1.165) is 11.4 Å². The standard InChI is InChI=1S/C10H11BrN2O/c1-10(11)9(14)13(2)8-6-4-3-5-7(8)12-10/h3-6,12H,1-2H3/t10-/m0/s1. The fourth-order valence-electron chi connectivity index (χ4n) is 1.60. The van der Waals surface area contributed by atoms with Crippen molar-refractivity contribution in [3.05, 3.63) is 24.3 Å². The predicted octanol–water partition coefficient (Wildman–Crippen LogP) is 2.19. The molecule has 0 bridgehead atoms. The third-order valence-corrected chi connectivity index (χ3v) is 2.88. The van der Waals surface area contributed by atoms with Crippen molar-refractivity contribution in [2.45, 2.75) is 11.4 Å². The summed E-state index contributed by atoms with van der Waals surface area (Å²) in [4.78, 5) is 13.5. The molecule has 0 aliphatic carbocycles. The summed E-state index contributed by atoms with van der Waals surface area (Å²) in [5, 5.41) is 3.14.